The predicted octanol–water partition coefficient (Wildman–Crippen LogP) is 5.22. The normalized spacial score (nSPS) is 13.0. The highest BCUT2D eigenvalue weighted by Crippen LogP contribution is 2.36. The zero-order valence-electron chi connectivity index (χ0n) is 9.27. The number of nitrogens with zero attached hydrogens (tertiary/aromatic N) is 1. The number of benzene rings is 1. The highest BCUT2D eigenvalue weighted by Gasteiger charge is 2.16. The molecule has 2 aromatic heterocycles. The van der Waals surface area contributed by atoms with Crippen molar-refractivity contribution in [1.82, 2.24) is 4.98 Å². The molecule has 0 fully saturated rings. The summed E-state index contributed by atoms with van der Waals surface area (Å²) in [7, 11) is 0. The SMILES string of the molecule is Clc1ccsc1C(Br)Cc1nc2ccccc2o1. The molecule has 0 N–H and O–H groups in total. The third-order valence-corrected chi connectivity index (χ3v) is 5.18. The number of fused-ring (bicyclic) bond motifs is 1. The molecule has 0 amide bonds. The smallest absolute Gasteiger partial charge is 0.196 e. The van der Waals surface area contributed by atoms with Crippen LogP contribution in [0.15, 0.2) is 40.1 Å². The third-order valence-electron chi connectivity index (χ3n) is 2.62. The van der Waals surface area contributed by atoms with E-state index in [0.717, 1.165) is 26.9 Å². The standard InChI is InChI=1S/C13H9BrClNOS/c14-8(13-9(15)5-6-18-13)7-12-16-10-3-1-2-4-11(10)17-12/h1-6,8H,7H2. The Morgan fingerprint density at radius 1 is 1.33 bits per heavy atom. The topological polar surface area (TPSA) is 26.0 Å². The molecular formula is C13H9BrClNOS. The van der Waals surface area contributed by atoms with Gasteiger partial charge in [-0.05, 0) is 23.6 Å². The monoisotopic (exact) mass is 341 g/mol. The minimum absolute atomic E-state index is 0.137. The van der Waals surface area contributed by atoms with Gasteiger partial charge in [0.05, 0.1) is 9.85 Å². The molecule has 5 heteroatoms. The van der Waals surface area contributed by atoms with Crippen LogP contribution < -0.4 is 0 Å². The van der Waals surface area contributed by atoms with Crippen molar-refractivity contribution in [2.24, 2.45) is 0 Å². The summed E-state index contributed by atoms with van der Waals surface area (Å²) in [5, 5.41) is 2.77. The lowest BCUT2D eigenvalue weighted by Gasteiger charge is -2.04. The zero-order valence-corrected chi connectivity index (χ0v) is 12.4. The van der Waals surface area contributed by atoms with Crippen molar-refractivity contribution >= 4 is 50.0 Å². The van der Waals surface area contributed by atoms with Gasteiger partial charge in [-0.1, -0.05) is 39.7 Å². The number of thiophene rings is 1. The van der Waals surface area contributed by atoms with Crippen LogP contribution in [0.1, 0.15) is 15.6 Å². The molecule has 0 saturated carbocycles. The number of halogens is 2. The van der Waals surface area contributed by atoms with Crippen LogP contribution in [0.3, 0.4) is 0 Å². The van der Waals surface area contributed by atoms with Gasteiger partial charge in [-0.2, -0.15) is 0 Å². The average molecular weight is 343 g/mol. The summed E-state index contributed by atoms with van der Waals surface area (Å²) in [4.78, 5) is 5.70. The van der Waals surface area contributed by atoms with Crippen molar-refractivity contribution < 1.29 is 4.42 Å². The minimum Gasteiger partial charge on any atom is -0.441 e. The van der Waals surface area contributed by atoms with Gasteiger partial charge in [-0.15, -0.1) is 11.3 Å². The van der Waals surface area contributed by atoms with Crippen LogP contribution in [0, 0.1) is 0 Å². The van der Waals surface area contributed by atoms with Gasteiger partial charge in [0.15, 0.2) is 11.5 Å². The Balaban J connectivity index is 1.86. The lowest BCUT2D eigenvalue weighted by atomic mass is 10.2. The number of para-hydroxylation sites is 2. The fourth-order valence-electron chi connectivity index (χ4n) is 1.78. The summed E-state index contributed by atoms with van der Waals surface area (Å²) < 4.78 is 5.70. The van der Waals surface area contributed by atoms with Crippen LogP contribution in [0.25, 0.3) is 11.1 Å². The molecule has 1 unspecified atom stereocenters. The van der Waals surface area contributed by atoms with E-state index in [2.05, 4.69) is 20.9 Å². The van der Waals surface area contributed by atoms with E-state index in [9.17, 15) is 0 Å². The Morgan fingerprint density at radius 3 is 2.89 bits per heavy atom. The van der Waals surface area contributed by atoms with Crippen molar-refractivity contribution in [3.05, 3.63) is 51.5 Å². The summed E-state index contributed by atoms with van der Waals surface area (Å²) >= 11 is 11.4. The second kappa shape index (κ2) is 5.03. The van der Waals surface area contributed by atoms with E-state index in [-0.39, 0.29) is 4.83 Å². The van der Waals surface area contributed by atoms with Crippen molar-refractivity contribution in [2.45, 2.75) is 11.2 Å². The molecule has 3 rings (SSSR count). The molecular weight excluding hydrogens is 334 g/mol. The molecule has 0 radical (unpaired) electrons. The maximum Gasteiger partial charge on any atom is 0.196 e. The number of alkyl halides is 1. The summed E-state index contributed by atoms with van der Waals surface area (Å²) in [6.45, 7) is 0. The molecule has 0 aliphatic heterocycles. The molecule has 92 valence electrons. The molecule has 2 heterocycles. The number of oxazole rings is 1. The van der Waals surface area contributed by atoms with E-state index in [1.165, 1.54) is 0 Å². The van der Waals surface area contributed by atoms with Crippen molar-refractivity contribution in [1.29, 1.82) is 0 Å². The van der Waals surface area contributed by atoms with E-state index in [1.54, 1.807) is 11.3 Å². The van der Waals surface area contributed by atoms with E-state index in [1.807, 2.05) is 35.7 Å². The highest BCUT2D eigenvalue weighted by atomic mass is 79.9. The molecule has 3 aromatic rings. The van der Waals surface area contributed by atoms with Gasteiger partial charge in [-0.25, -0.2) is 4.98 Å². The van der Waals surface area contributed by atoms with E-state index in [0.29, 0.717) is 6.42 Å². The first kappa shape index (κ1) is 12.2. The second-order valence-corrected chi connectivity index (χ2v) is 6.34. The highest BCUT2D eigenvalue weighted by molar-refractivity contribution is 9.09. The van der Waals surface area contributed by atoms with Crippen LogP contribution in [0.2, 0.25) is 5.02 Å². The van der Waals surface area contributed by atoms with Gasteiger partial charge in [0.1, 0.15) is 5.52 Å². The van der Waals surface area contributed by atoms with Crippen molar-refractivity contribution in [3.8, 4) is 0 Å². The maximum absolute atomic E-state index is 6.11. The zero-order chi connectivity index (χ0) is 12.5. The Kier molecular flexibility index (Phi) is 3.41. The summed E-state index contributed by atoms with van der Waals surface area (Å²) in [5.74, 6) is 0.725. The van der Waals surface area contributed by atoms with Gasteiger partial charge < -0.3 is 4.42 Å². The Hall–Kier alpha value is -0.840. The fourth-order valence-corrected chi connectivity index (χ4v) is 3.93. The molecule has 18 heavy (non-hydrogen) atoms. The number of rotatable bonds is 3. The molecule has 1 aromatic carbocycles. The number of hydrogen-bond donors (Lipinski definition) is 0. The van der Waals surface area contributed by atoms with Crippen LogP contribution in [-0.4, -0.2) is 4.98 Å². The van der Waals surface area contributed by atoms with Crippen LogP contribution >= 0.6 is 38.9 Å². The maximum atomic E-state index is 6.11. The summed E-state index contributed by atoms with van der Waals surface area (Å²) in [5.41, 5.74) is 1.72. The van der Waals surface area contributed by atoms with Gasteiger partial charge in [0.2, 0.25) is 0 Å². The third kappa shape index (κ3) is 2.32. The second-order valence-electron chi connectivity index (χ2n) is 3.88. The van der Waals surface area contributed by atoms with Gasteiger partial charge in [0.25, 0.3) is 0 Å². The molecule has 2 nitrogen and oxygen atoms in total. The first-order valence-corrected chi connectivity index (χ1v) is 7.63. The largest absolute Gasteiger partial charge is 0.441 e. The van der Waals surface area contributed by atoms with E-state index < -0.39 is 0 Å². The lowest BCUT2D eigenvalue weighted by molar-refractivity contribution is 0.528. The molecule has 0 saturated heterocycles. The molecule has 0 bridgehead atoms. The predicted molar refractivity (Wildman–Crippen MR) is 78.7 cm³/mol. The minimum atomic E-state index is 0.137. The van der Waals surface area contributed by atoms with E-state index in [4.69, 9.17) is 16.0 Å². The van der Waals surface area contributed by atoms with Crippen LogP contribution in [0.5, 0.6) is 0 Å². The fraction of sp³-hybridized carbons (Fsp3) is 0.154. The quantitative estimate of drug-likeness (QED) is 0.610. The summed E-state index contributed by atoms with van der Waals surface area (Å²) in [6.07, 6.45) is 0.689. The first-order valence-electron chi connectivity index (χ1n) is 5.45. The summed E-state index contributed by atoms with van der Waals surface area (Å²) in [6, 6.07) is 9.67. The Bertz CT molecular complexity index is 645. The number of hydrogen-bond acceptors (Lipinski definition) is 3. The van der Waals surface area contributed by atoms with Crippen LogP contribution in [-0.2, 0) is 6.42 Å². The molecule has 0 aliphatic rings. The van der Waals surface area contributed by atoms with Gasteiger partial charge in [0, 0.05) is 11.3 Å². The van der Waals surface area contributed by atoms with Crippen molar-refractivity contribution in [2.75, 3.05) is 0 Å². The Labute approximate surface area is 122 Å². The molecule has 0 spiro atoms. The molecule has 1 atom stereocenters. The average Bonchev–Trinajstić information content (AvgIpc) is 2.94. The molecule has 0 aliphatic carbocycles. The van der Waals surface area contributed by atoms with Gasteiger partial charge in [-0.3, -0.25) is 0 Å². The van der Waals surface area contributed by atoms with Crippen LogP contribution in [0.4, 0.5) is 0 Å². The van der Waals surface area contributed by atoms with E-state index >= 15 is 0 Å². The number of aromatic nitrogens is 1. The van der Waals surface area contributed by atoms with Gasteiger partial charge >= 0.3 is 0 Å². The lowest BCUT2D eigenvalue weighted by Crippen LogP contribution is -1.93. The Morgan fingerprint density at radius 2 is 2.17 bits per heavy atom. The first-order chi connectivity index (χ1) is 8.74. The van der Waals surface area contributed by atoms with Crippen molar-refractivity contribution in [3.63, 3.8) is 0 Å².